The molecule has 0 bridgehead atoms. The number of nitrogens with one attached hydrogen (secondary N) is 2. The van der Waals surface area contributed by atoms with E-state index in [1.807, 2.05) is 6.07 Å². The van der Waals surface area contributed by atoms with Crippen molar-refractivity contribution in [3.8, 4) is 0 Å². The number of benzene rings is 1. The number of hydrogen-bond acceptors (Lipinski definition) is 3. The van der Waals surface area contributed by atoms with Gasteiger partial charge in [0.15, 0.2) is 0 Å². The number of halogens is 2. The van der Waals surface area contributed by atoms with E-state index in [0.717, 1.165) is 12.1 Å². The molecule has 1 aromatic rings. The highest BCUT2D eigenvalue weighted by Crippen LogP contribution is 2.21. The quantitative estimate of drug-likeness (QED) is 0.889. The Morgan fingerprint density at radius 1 is 1.47 bits per heavy atom. The zero-order valence-corrected chi connectivity index (χ0v) is 11.9. The molecule has 1 heterocycles. The Hall–Kier alpha value is -0.810. The van der Waals surface area contributed by atoms with Gasteiger partial charge in [-0.3, -0.25) is 4.79 Å². The summed E-state index contributed by atoms with van der Waals surface area (Å²) in [5.74, 6) is -0.0858. The highest BCUT2D eigenvalue weighted by Gasteiger charge is 2.20. The van der Waals surface area contributed by atoms with Crippen molar-refractivity contribution in [3.05, 3.63) is 33.8 Å². The smallest absolute Gasteiger partial charge is 0.250 e. The number of amides is 1. The monoisotopic (exact) mass is 302 g/mol. The summed E-state index contributed by atoms with van der Waals surface area (Å²) in [4.78, 5) is 11.8. The molecule has 1 saturated heterocycles. The normalized spacial score (nSPS) is 19.2. The number of hydrogen-bond donors (Lipinski definition) is 2. The van der Waals surface area contributed by atoms with E-state index in [4.69, 9.17) is 27.9 Å². The summed E-state index contributed by atoms with van der Waals surface area (Å²) in [7, 11) is 0. The van der Waals surface area contributed by atoms with Gasteiger partial charge in [-0.1, -0.05) is 29.3 Å². The van der Waals surface area contributed by atoms with Gasteiger partial charge >= 0.3 is 0 Å². The molecule has 0 unspecified atom stereocenters. The van der Waals surface area contributed by atoms with Crippen LogP contribution in [-0.4, -0.2) is 38.3 Å². The van der Waals surface area contributed by atoms with Crippen molar-refractivity contribution in [1.82, 2.24) is 10.6 Å². The van der Waals surface area contributed by atoms with Gasteiger partial charge in [-0.25, -0.2) is 0 Å². The van der Waals surface area contributed by atoms with Gasteiger partial charge in [0.25, 0.3) is 0 Å². The average molecular weight is 303 g/mol. The molecule has 2 N–H and O–H groups in total. The molecule has 19 heavy (non-hydrogen) atoms. The summed E-state index contributed by atoms with van der Waals surface area (Å²) in [5.41, 5.74) is 0.967. The van der Waals surface area contributed by atoms with Crippen LogP contribution in [-0.2, 0) is 16.0 Å². The van der Waals surface area contributed by atoms with Crippen molar-refractivity contribution in [1.29, 1.82) is 0 Å². The van der Waals surface area contributed by atoms with Crippen LogP contribution in [0.25, 0.3) is 0 Å². The fourth-order valence-electron chi connectivity index (χ4n) is 1.89. The van der Waals surface area contributed by atoms with Crippen LogP contribution < -0.4 is 10.6 Å². The van der Waals surface area contributed by atoms with Gasteiger partial charge in [0.05, 0.1) is 6.61 Å². The van der Waals surface area contributed by atoms with Crippen molar-refractivity contribution < 1.29 is 9.53 Å². The number of carbonyl (C=O) groups is 1. The van der Waals surface area contributed by atoms with Gasteiger partial charge < -0.3 is 15.4 Å². The molecule has 0 radical (unpaired) electrons. The molecule has 2 rings (SSSR count). The van der Waals surface area contributed by atoms with Gasteiger partial charge in [0.1, 0.15) is 6.10 Å². The molecule has 1 amide bonds. The fourth-order valence-corrected chi connectivity index (χ4v) is 2.40. The van der Waals surface area contributed by atoms with Crippen LogP contribution in [0.5, 0.6) is 0 Å². The van der Waals surface area contributed by atoms with Crippen LogP contribution in [0.15, 0.2) is 18.2 Å². The molecular formula is C13H16Cl2N2O2. The maximum atomic E-state index is 11.8. The molecule has 0 aromatic heterocycles. The second-order valence-electron chi connectivity index (χ2n) is 4.34. The van der Waals surface area contributed by atoms with E-state index in [9.17, 15) is 4.79 Å². The predicted molar refractivity (Wildman–Crippen MR) is 75.8 cm³/mol. The standard InChI is InChI=1S/C13H16Cl2N2O2/c14-10-2-1-9(11(15)7-10)3-4-17-13(18)12-8-16-5-6-19-12/h1-2,7,12,16H,3-6,8H2,(H,17,18)/t12-/m0/s1. The Morgan fingerprint density at radius 2 is 2.32 bits per heavy atom. The van der Waals surface area contributed by atoms with Crippen LogP contribution in [0.1, 0.15) is 5.56 Å². The Balaban J connectivity index is 1.78. The second kappa shape index (κ2) is 7.10. The number of morpholine rings is 1. The first-order chi connectivity index (χ1) is 9.16. The minimum absolute atomic E-state index is 0.0858. The summed E-state index contributed by atoms with van der Waals surface area (Å²) in [6.07, 6.45) is 0.275. The topological polar surface area (TPSA) is 50.4 Å². The number of rotatable bonds is 4. The molecule has 1 fully saturated rings. The summed E-state index contributed by atoms with van der Waals surface area (Å²) < 4.78 is 5.36. The molecule has 1 aliphatic heterocycles. The minimum Gasteiger partial charge on any atom is -0.366 e. The van der Waals surface area contributed by atoms with Crippen LogP contribution in [0.2, 0.25) is 10.0 Å². The third-order valence-electron chi connectivity index (χ3n) is 2.93. The van der Waals surface area contributed by atoms with Crippen molar-refractivity contribution >= 4 is 29.1 Å². The lowest BCUT2D eigenvalue weighted by Gasteiger charge is -2.22. The van der Waals surface area contributed by atoms with Gasteiger partial charge in [-0.05, 0) is 24.1 Å². The number of ether oxygens (including phenoxy) is 1. The van der Waals surface area contributed by atoms with E-state index in [1.165, 1.54) is 0 Å². The lowest BCUT2D eigenvalue weighted by molar-refractivity contribution is -0.134. The summed E-state index contributed by atoms with van der Waals surface area (Å²) in [6.45, 7) is 2.46. The molecule has 1 atom stereocenters. The van der Waals surface area contributed by atoms with E-state index in [1.54, 1.807) is 12.1 Å². The SMILES string of the molecule is O=C(NCCc1ccc(Cl)cc1Cl)[C@@H]1CNCCO1. The molecule has 1 aliphatic rings. The first-order valence-corrected chi connectivity index (χ1v) is 6.96. The first-order valence-electron chi connectivity index (χ1n) is 6.21. The molecule has 4 nitrogen and oxygen atoms in total. The molecule has 0 aliphatic carbocycles. The van der Waals surface area contributed by atoms with Crippen molar-refractivity contribution in [2.45, 2.75) is 12.5 Å². The number of carbonyl (C=O) groups excluding carboxylic acids is 1. The molecular weight excluding hydrogens is 287 g/mol. The van der Waals surface area contributed by atoms with Crippen LogP contribution in [0.3, 0.4) is 0 Å². The Labute approximate surface area is 122 Å². The van der Waals surface area contributed by atoms with E-state index in [0.29, 0.717) is 36.2 Å². The average Bonchev–Trinajstić information content (AvgIpc) is 2.42. The zero-order chi connectivity index (χ0) is 13.7. The van der Waals surface area contributed by atoms with Crippen molar-refractivity contribution in [3.63, 3.8) is 0 Å². The highest BCUT2D eigenvalue weighted by atomic mass is 35.5. The third-order valence-corrected chi connectivity index (χ3v) is 3.52. The second-order valence-corrected chi connectivity index (χ2v) is 5.18. The minimum atomic E-state index is -0.394. The Kier molecular flexibility index (Phi) is 5.45. The Bertz CT molecular complexity index is 448. The van der Waals surface area contributed by atoms with E-state index < -0.39 is 6.10 Å². The van der Waals surface area contributed by atoms with Gasteiger partial charge in [0.2, 0.25) is 5.91 Å². The van der Waals surface area contributed by atoms with E-state index >= 15 is 0 Å². The van der Waals surface area contributed by atoms with Gasteiger partial charge in [-0.2, -0.15) is 0 Å². The molecule has 0 saturated carbocycles. The van der Waals surface area contributed by atoms with Gasteiger partial charge in [0, 0.05) is 29.7 Å². The first kappa shape index (κ1) is 14.6. The van der Waals surface area contributed by atoms with E-state index in [2.05, 4.69) is 10.6 Å². The summed E-state index contributed by atoms with van der Waals surface area (Å²) in [6, 6.07) is 5.36. The van der Waals surface area contributed by atoms with Crippen LogP contribution in [0.4, 0.5) is 0 Å². The zero-order valence-electron chi connectivity index (χ0n) is 10.4. The molecule has 6 heteroatoms. The molecule has 1 aromatic carbocycles. The summed E-state index contributed by atoms with van der Waals surface area (Å²) in [5, 5.41) is 7.20. The van der Waals surface area contributed by atoms with Crippen LogP contribution >= 0.6 is 23.2 Å². The largest absolute Gasteiger partial charge is 0.366 e. The maximum absolute atomic E-state index is 11.8. The molecule has 0 spiro atoms. The lowest BCUT2D eigenvalue weighted by atomic mass is 10.1. The summed E-state index contributed by atoms with van der Waals surface area (Å²) >= 11 is 11.9. The lowest BCUT2D eigenvalue weighted by Crippen LogP contribution is -2.48. The van der Waals surface area contributed by atoms with Crippen LogP contribution in [0, 0.1) is 0 Å². The third kappa shape index (κ3) is 4.35. The van der Waals surface area contributed by atoms with E-state index in [-0.39, 0.29) is 5.91 Å². The van der Waals surface area contributed by atoms with Crippen molar-refractivity contribution in [2.75, 3.05) is 26.2 Å². The predicted octanol–water partition coefficient (Wildman–Crippen LogP) is 1.64. The highest BCUT2D eigenvalue weighted by molar-refractivity contribution is 6.35. The Morgan fingerprint density at radius 3 is 3.00 bits per heavy atom. The fraction of sp³-hybridized carbons (Fsp3) is 0.462. The van der Waals surface area contributed by atoms with Gasteiger partial charge in [-0.15, -0.1) is 0 Å². The maximum Gasteiger partial charge on any atom is 0.250 e. The van der Waals surface area contributed by atoms with Crippen molar-refractivity contribution in [2.24, 2.45) is 0 Å². The molecule has 104 valence electrons.